The van der Waals surface area contributed by atoms with E-state index in [4.69, 9.17) is 0 Å². The molecular formula is C11H13NOS2. The molecule has 1 aliphatic heterocycles. The predicted octanol–water partition coefficient (Wildman–Crippen LogP) is 3.19. The summed E-state index contributed by atoms with van der Waals surface area (Å²) in [6, 6.07) is 3.81. The molecule has 0 aromatic carbocycles. The van der Waals surface area contributed by atoms with Gasteiger partial charge in [0.25, 0.3) is 0 Å². The van der Waals surface area contributed by atoms with Crippen molar-refractivity contribution in [1.82, 2.24) is 4.90 Å². The summed E-state index contributed by atoms with van der Waals surface area (Å²) < 4.78 is 0. The lowest BCUT2D eigenvalue weighted by Gasteiger charge is -2.17. The van der Waals surface area contributed by atoms with E-state index in [1.54, 1.807) is 0 Å². The number of ketones is 1. The summed E-state index contributed by atoms with van der Waals surface area (Å²) in [7, 11) is 0. The highest BCUT2D eigenvalue weighted by Gasteiger charge is 2.19. The van der Waals surface area contributed by atoms with E-state index in [0.717, 1.165) is 10.8 Å². The van der Waals surface area contributed by atoms with Crippen LogP contribution in [0.15, 0.2) is 28.1 Å². The molecule has 0 bridgehead atoms. The van der Waals surface area contributed by atoms with Crippen molar-refractivity contribution in [2.45, 2.75) is 13.8 Å². The van der Waals surface area contributed by atoms with Crippen LogP contribution in [0.4, 0.5) is 0 Å². The molecule has 0 spiro atoms. The predicted molar refractivity (Wildman–Crippen MR) is 66.2 cm³/mol. The van der Waals surface area contributed by atoms with Gasteiger partial charge in [-0.2, -0.15) is 0 Å². The summed E-state index contributed by atoms with van der Waals surface area (Å²) in [6.07, 6.45) is 0. The van der Waals surface area contributed by atoms with Gasteiger partial charge in [0, 0.05) is 10.6 Å². The third kappa shape index (κ3) is 2.26. The second kappa shape index (κ2) is 4.41. The van der Waals surface area contributed by atoms with Gasteiger partial charge in [0.1, 0.15) is 0 Å². The van der Waals surface area contributed by atoms with E-state index >= 15 is 0 Å². The highest BCUT2D eigenvalue weighted by Crippen LogP contribution is 2.30. The van der Waals surface area contributed by atoms with Crippen LogP contribution in [0.5, 0.6) is 0 Å². The van der Waals surface area contributed by atoms with Crippen LogP contribution in [0, 0.1) is 0 Å². The zero-order valence-corrected chi connectivity index (χ0v) is 10.5. The molecule has 0 atom stereocenters. The first-order valence-electron chi connectivity index (χ1n) is 4.80. The van der Waals surface area contributed by atoms with Crippen molar-refractivity contribution in [1.29, 1.82) is 0 Å². The van der Waals surface area contributed by atoms with E-state index in [0.29, 0.717) is 6.54 Å². The summed E-state index contributed by atoms with van der Waals surface area (Å²) in [4.78, 5) is 16.2. The van der Waals surface area contributed by atoms with Crippen LogP contribution in [0.2, 0.25) is 0 Å². The van der Waals surface area contributed by atoms with E-state index in [-0.39, 0.29) is 5.78 Å². The molecule has 0 unspecified atom stereocenters. The zero-order chi connectivity index (χ0) is 10.8. The summed E-state index contributed by atoms with van der Waals surface area (Å²) in [5.74, 6) is 1.13. The molecule has 4 heteroatoms. The van der Waals surface area contributed by atoms with Crippen molar-refractivity contribution in [2.75, 3.05) is 12.4 Å². The van der Waals surface area contributed by atoms with Crippen molar-refractivity contribution in [3.05, 3.63) is 33.0 Å². The minimum atomic E-state index is 0.222. The van der Waals surface area contributed by atoms with Crippen LogP contribution in [0.25, 0.3) is 0 Å². The van der Waals surface area contributed by atoms with Crippen LogP contribution in [0.1, 0.15) is 23.5 Å². The first kappa shape index (κ1) is 10.8. The lowest BCUT2D eigenvalue weighted by Crippen LogP contribution is -2.25. The Bertz CT molecular complexity index is 395. The molecule has 0 fully saturated rings. The number of thioether (sulfide) groups is 1. The molecule has 2 rings (SSSR count). The molecule has 0 saturated carbocycles. The molecule has 0 aliphatic carbocycles. The maximum absolute atomic E-state index is 11.9. The van der Waals surface area contributed by atoms with E-state index < -0.39 is 0 Å². The molecule has 0 saturated heterocycles. The van der Waals surface area contributed by atoms with Gasteiger partial charge in [-0.15, -0.1) is 23.1 Å². The Morgan fingerprint density at radius 1 is 1.53 bits per heavy atom. The average molecular weight is 239 g/mol. The Balaban J connectivity index is 2.02. The average Bonchev–Trinajstić information content (AvgIpc) is 2.83. The van der Waals surface area contributed by atoms with Crippen molar-refractivity contribution in [3.8, 4) is 0 Å². The first-order chi connectivity index (χ1) is 7.18. The third-order valence-corrected chi connectivity index (χ3v) is 4.63. The quantitative estimate of drug-likeness (QED) is 0.756. The lowest BCUT2D eigenvalue weighted by atomic mass is 10.3. The summed E-state index contributed by atoms with van der Waals surface area (Å²) in [5, 5.41) is 1.94. The molecule has 0 radical (unpaired) electrons. The number of thiophene rings is 1. The van der Waals surface area contributed by atoms with Gasteiger partial charge < -0.3 is 4.90 Å². The first-order valence-corrected chi connectivity index (χ1v) is 6.67. The molecule has 1 aliphatic rings. The second-order valence-corrected chi connectivity index (χ2v) is 5.62. The van der Waals surface area contributed by atoms with Gasteiger partial charge in [-0.05, 0) is 25.3 Å². The SMILES string of the molecule is CC1=C(C)N(CC(=O)c2cccs2)CS1. The van der Waals surface area contributed by atoms with E-state index in [1.165, 1.54) is 21.9 Å². The summed E-state index contributed by atoms with van der Waals surface area (Å²) >= 11 is 3.33. The molecule has 2 heterocycles. The number of rotatable bonds is 3. The number of carbonyl (C=O) groups is 1. The Kier molecular flexibility index (Phi) is 3.17. The molecule has 15 heavy (non-hydrogen) atoms. The number of nitrogens with zero attached hydrogens (tertiary/aromatic N) is 1. The maximum Gasteiger partial charge on any atom is 0.191 e. The van der Waals surface area contributed by atoms with Gasteiger partial charge >= 0.3 is 0 Å². The fourth-order valence-corrected chi connectivity index (χ4v) is 3.08. The Labute approximate surface area is 98.0 Å². The number of hydrogen-bond donors (Lipinski definition) is 0. The van der Waals surface area contributed by atoms with Crippen LogP contribution in [0.3, 0.4) is 0 Å². The van der Waals surface area contributed by atoms with Crippen molar-refractivity contribution in [2.24, 2.45) is 0 Å². The smallest absolute Gasteiger partial charge is 0.191 e. The second-order valence-electron chi connectivity index (χ2n) is 3.51. The normalized spacial score (nSPS) is 16.3. The van der Waals surface area contributed by atoms with Gasteiger partial charge in [0.15, 0.2) is 5.78 Å². The summed E-state index contributed by atoms with van der Waals surface area (Å²) in [6.45, 7) is 4.70. The van der Waals surface area contributed by atoms with Gasteiger partial charge in [-0.1, -0.05) is 6.07 Å². The monoisotopic (exact) mass is 239 g/mol. The number of allylic oxidation sites excluding steroid dienone is 2. The van der Waals surface area contributed by atoms with Gasteiger partial charge in [0.2, 0.25) is 0 Å². The molecule has 1 aromatic rings. The van der Waals surface area contributed by atoms with Crippen molar-refractivity contribution < 1.29 is 4.79 Å². The van der Waals surface area contributed by atoms with Gasteiger partial charge in [-0.3, -0.25) is 4.79 Å². The van der Waals surface area contributed by atoms with E-state index in [1.807, 2.05) is 29.3 Å². The molecule has 2 nitrogen and oxygen atoms in total. The Morgan fingerprint density at radius 3 is 2.87 bits per heavy atom. The minimum absolute atomic E-state index is 0.222. The Hall–Kier alpha value is -0.740. The number of carbonyl (C=O) groups excluding carboxylic acids is 1. The van der Waals surface area contributed by atoms with Gasteiger partial charge in [-0.25, -0.2) is 0 Å². The maximum atomic E-state index is 11.9. The number of Topliss-reactive ketones (excluding diaryl/α,β-unsaturated/α-hetero) is 1. The number of hydrogen-bond acceptors (Lipinski definition) is 4. The zero-order valence-electron chi connectivity index (χ0n) is 8.82. The minimum Gasteiger partial charge on any atom is -0.357 e. The largest absolute Gasteiger partial charge is 0.357 e. The topological polar surface area (TPSA) is 20.3 Å². The fourth-order valence-electron chi connectivity index (χ4n) is 1.45. The summed E-state index contributed by atoms with van der Waals surface area (Å²) in [5.41, 5.74) is 1.24. The molecular weight excluding hydrogens is 226 g/mol. The molecule has 80 valence electrons. The molecule has 0 N–H and O–H groups in total. The standard InChI is InChI=1S/C11H13NOS2/c1-8-9(2)15-7-12(8)6-10(13)11-4-3-5-14-11/h3-5H,6-7H2,1-2H3. The van der Waals surface area contributed by atoms with E-state index in [9.17, 15) is 4.79 Å². The van der Waals surface area contributed by atoms with Crippen LogP contribution in [-0.2, 0) is 0 Å². The third-order valence-electron chi connectivity index (χ3n) is 2.55. The van der Waals surface area contributed by atoms with Crippen molar-refractivity contribution in [3.63, 3.8) is 0 Å². The lowest BCUT2D eigenvalue weighted by molar-refractivity contribution is 0.0962. The Morgan fingerprint density at radius 2 is 2.33 bits per heavy atom. The van der Waals surface area contributed by atoms with Gasteiger partial charge in [0.05, 0.1) is 17.3 Å². The van der Waals surface area contributed by atoms with Crippen LogP contribution >= 0.6 is 23.1 Å². The fraction of sp³-hybridized carbons (Fsp3) is 0.364. The highest BCUT2D eigenvalue weighted by molar-refractivity contribution is 8.03. The highest BCUT2D eigenvalue weighted by atomic mass is 32.2. The van der Waals surface area contributed by atoms with Crippen LogP contribution < -0.4 is 0 Å². The van der Waals surface area contributed by atoms with Crippen LogP contribution in [-0.4, -0.2) is 23.1 Å². The van der Waals surface area contributed by atoms with E-state index in [2.05, 4.69) is 18.7 Å². The molecule has 1 aromatic heterocycles. The molecule has 0 amide bonds. The van der Waals surface area contributed by atoms with Crippen molar-refractivity contribution >= 4 is 28.9 Å².